The van der Waals surface area contributed by atoms with Crippen LogP contribution in [0.15, 0.2) is 22.7 Å². The van der Waals surface area contributed by atoms with Crippen LogP contribution in [-0.2, 0) is 11.3 Å². The lowest BCUT2D eigenvalue weighted by Crippen LogP contribution is -2.11. The molecule has 15 heavy (non-hydrogen) atoms. The summed E-state index contributed by atoms with van der Waals surface area (Å²) in [5.74, 6) is 0.890. The average molecular weight is 270 g/mol. The monoisotopic (exact) mass is 269 g/mol. The van der Waals surface area contributed by atoms with Gasteiger partial charge in [0.25, 0.3) is 0 Å². The van der Waals surface area contributed by atoms with Crippen molar-refractivity contribution in [2.75, 3.05) is 13.3 Å². The summed E-state index contributed by atoms with van der Waals surface area (Å²) in [5, 5.41) is 0. The van der Waals surface area contributed by atoms with Crippen LogP contribution >= 0.6 is 15.9 Å². The minimum absolute atomic E-state index is 0.328. The van der Waals surface area contributed by atoms with Crippen LogP contribution in [0.5, 0.6) is 5.75 Å². The Morgan fingerprint density at radius 2 is 2.33 bits per heavy atom. The molecule has 0 amide bonds. The van der Waals surface area contributed by atoms with E-state index in [2.05, 4.69) is 15.9 Å². The molecule has 2 N–H and O–H groups in total. The number of hydrogen-bond acceptors (Lipinski definition) is 3. The minimum atomic E-state index is 0.328. The Labute approximate surface area is 97.0 Å². The first-order valence-corrected chi connectivity index (χ1v) is 5.50. The Balaban J connectivity index is 2.36. The third kappa shape index (κ3) is 2.40. The maximum Gasteiger partial charge on any atom is 0.189 e. The summed E-state index contributed by atoms with van der Waals surface area (Å²) in [6.45, 7) is 1.47. The molecule has 1 aromatic rings. The van der Waals surface area contributed by atoms with E-state index in [1.54, 1.807) is 0 Å². The maximum absolute atomic E-state index is 5.41. The van der Waals surface area contributed by atoms with Crippen LogP contribution in [0.4, 0.5) is 0 Å². The minimum Gasteiger partial charge on any atom is -0.467 e. The Kier molecular flexibility index (Phi) is 3.41. The lowest BCUT2D eigenvalue weighted by atomic mass is 10.1. The van der Waals surface area contributed by atoms with Crippen molar-refractivity contribution in [1.82, 2.24) is 0 Å². The first-order chi connectivity index (χ1) is 7.31. The van der Waals surface area contributed by atoms with Gasteiger partial charge in [-0.1, -0.05) is 28.1 Å². The molecule has 1 aromatic carbocycles. The van der Waals surface area contributed by atoms with Gasteiger partial charge in [-0.25, -0.2) is 0 Å². The Morgan fingerprint density at radius 3 is 3.13 bits per heavy atom. The fraction of sp³-hybridized carbons (Fsp3) is 0.273. The maximum atomic E-state index is 5.41. The summed E-state index contributed by atoms with van der Waals surface area (Å²) in [7, 11) is 0. The normalized spacial score (nSPS) is 15.1. The van der Waals surface area contributed by atoms with Gasteiger partial charge in [-0.05, 0) is 17.7 Å². The number of fused-ring (bicyclic) bond motifs is 1. The van der Waals surface area contributed by atoms with Gasteiger partial charge < -0.3 is 15.2 Å². The highest BCUT2D eigenvalue weighted by atomic mass is 79.9. The van der Waals surface area contributed by atoms with Crippen molar-refractivity contribution in [3.63, 3.8) is 0 Å². The smallest absolute Gasteiger partial charge is 0.189 e. The molecule has 0 aromatic heterocycles. The lowest BCUT2D eigenvalue weighted by Gasteiger charge is -2.18. The van der Waals surface area contributed by atoms with Gasteiger partial charge in [-0.15, -0.1) is 0 Å². The van der Waals surface area contributed by atoms with Crippen molar-refractivity contribution in [3.05, 3.63) is 33.8 Å². The molecule has 0 fully saturated rings. The molecule has 0 saturated carbocycles. The van der Waals surface area contributed by atoms with Crippen LogP contribution in [0, 0.1) is 0 Å². The van der Waals surface area contributed by atoms with Crippen molar-refractivity contribution >= 4 is 22.0 Å². The number of nitrogens with two attached hydrogens (primary N) is 1. The van der Waals surface area contributed by atoms with Crippen LogP contribution in [-0.4, -0.2) is 13.3 Å². The van der Waals surface area contributed by atoms with E-state index in [1.807, 2.05) is 24.3 Å². The zero-order valence-corrected chi connectivity index (χ0v) is 9.79. The quantitative estimate of drug-likeness (QED) is 0.896. The predicted octanol–water partition coefficient (Wildman–Crippen LogP) is 2.29. The number of rotatable bonds is 2. The highest BCUT2D eigenvalue weighted by molar-refractivity contribution is 9.10. The third-order valence-electron chi connectivity index (χ3n) is 2.17. The molecule has 1 aliphatic rings. The molecule has 0 radical (unpaired) electrons. The largest absolute Gasteiger partial charge is 0.467 e. The number of ether oxygens (including phenoxy) is 2. The lowest BCUT2D eigenvalue weighted by molar-refractivity contribution is -0.0164. The molecule has 0 bridgehead atoms. The average Bonchev–Trinajstić information content (AvgIpc) is 2.26. The van der Waals surface area contributed by atoms with E-state index in [4.69, 9.17) is 15.2 Å². The topological polar surface area (TPSA) is 44.5 Å². The molecule has 4 heteroatoms. The molecule has 0 atom stereocenters. The van der Waals surface area contributed by atoms with Crippen LogP contribution in [0.1, 0.15) is 11.1 Å². The van der Waals surface area contributed by atoms with Crippen LogP contribution in [0.3, 0.4) is 0 Å². The zero-order valence-electron chi connectivity index (χ0n) is 8.20. The summed E-state index contributed by atoms with van der Waals surface area (Å²) in [4.78, 5) is 0. The molecular formula is C11H12BrNO2. The Morgan fingerprint density at radius 1 is 1.47 bits per heavy atom. The Bertz CT molecular complexity index is 390. The molecule has 80 valence electrons. The Hall–Kier alpha value is -0.840. The molecular weight excluding hydrogens is 258 g/mol. The van der Waals surface area contributed by atoms with Gasteiger partial charge in [0.2, 0.25) is 0 Å². The number of benzene rings is 1. The molecule has 0 aliphatic carbocycles. The van der Waals surface area contributed by atoms with Gasteiger partial charge in [0, 0.05) is 16.6 Å². The fourth-order valence-corrected chi connectivity index (χ4v) is 1.96. The second kappa shape index (κ2) is 4.79. The molecule has 1 aliphatic heterocycles. The highest BCUT2D eigenvalue weighted by Crippen LogP contribution is 2.30. The first kappa shape index (κ1) is 10.7. The summed E-state index contributed by atoms with van der Waals surface area (Å²) in [6.07, 6.45) is 3.88. The summed E-state index contributed by atoms with van der Waals surface area (Å²) in [5.41, 5.74) is 7.55. The third-order valence-corrected chi connectivity index (χ3v) is 2.86. The number of hydrogen-bond donors (Lipinski definition) is 1. The van der Waals surface area contributed by atoms with Gasteiger partial charge in [-0.2, -0.15) is 0 Å². The van der Waals surface area contributed by atoms with Crippen LogP contribution in [0.2, 0.25) is 0 Å². The molecule has 3 nitrogen and oxygen atoms in total. The second-order valence-corrected chi connectivity index (χ2v) is 4.08. The number of halogens is 1. The van der Waals surface area contributed by atoms with Crippen LogP contribution < -0.4 is 10.5 Å². The van der Waals surface area contributed by atoms with E-state index in [-0.39, 0.29) is 0 Å². The van der Waals surface area contributed by atoms with E-state index in [0.717, 1.165) is 21.3 Å². The summed E-state index contributed by atoms with van der Waals surface area (Å²) in [6, 6.07) is 4.01. The van der Waals surface area contributed by atoms with E-state index in [9.17, 15) is 0 Å². The van der Waals surface area contributed by atoms with Gasteiger partial charge in [-0.3, -0.25) is 0 Å². The van der Waals surface area contributed by atoms with Crippen molar-refractivity contribution in [1.29, 1.82) is 0 Å². The van der Waals surface area contributed by atoms with Crippen molar-refractivity contribution in [3.8, 4) is 5.75 Å². The fourth-order valence-electron chi connectivity index (χ4n) is 1.44. The van der Waals surface area contributed by atoms with Crippen molar-refractivity contribution < 1.29 is 9.47 Å². The molecule has 0 unspecified atom stereocenters. The van der Waals surface area contributed by atoms with Gasteiger partial charge in [0.05, 0.1) is 6.61 Å². The molecule has 2 rings (SSSR count). The van der Waals surface area contributed by atoms with Crippen LogP contribution in [0.25, 0.3) is 6.08 Å². The van der Waals surface area contributed by atoms with E-state index < -0.39 is 0 Å². The van der Waals surface area contributed by atoms with E-state index >= 15 is 0 Å². The van der Waals surface area contributed by atoms with Gasteiger partial charge in [0.15, 0.2) is 6.79 Å². The SMILES string of the molecule is NC/C=C/c1cc2c(cc1Br)COCO2. The highest BCUT2D eigenvalue weighted by Gasteiger charge is 2.12. The molecule has 0 spiro atoms. The van der Waals surface area contributed by atoms with E-state index in [1.165, 1.54) is 0 Å². The first-order valence-electron chi connectivity index (χ1n) is 4.71. The zero-order chi connectivity index (χ0) is 10.7. The van der Waals surface area contributed by atoms with Gasteiger partial charge >= 0.3 is 0 Å². The van der Waals surface area contributed by atoms with Crippen molar-refractivity contribution in [2.45, 2.75) is 6.61 Å². The second-order valence-electron chi connectivity index (χ2n) is 3.23. The molecule has 1 heterocycles. The van der Waals surface area contributed by atoms with Gasteiger partial charge in [0.1, 0.15) is 5.75 Å². The van der Waals surface area contributed by atoms with E-state index in [0.29, 0.717) is 19.9 Å². The standard InChI is InChI=1S/C11H12BrNO2/c12-10-4-9-6-14-7-15-11(9)5-8(10)2-1-3-13/h1-2,4-5H,3,6-7,13H2/b2-1+. The summed E-state index contributed by atoms with van der Waals surface area (Å²) < 4.78 is 11.6. The predicted molar refractivity (Wildman–Crippen MR) is 62.5 cm³/mol. The summed E-state index contributed by atoms with van der Waals surface area (Å²) >= 11 is 3.50. The molecule has 0 saturated heterocycles. The van der Waals surface area contributed by atoms with Crippen molar-refractivity contribution in [2.24, 2.45) is 5.73 Å².